The largest absolute Gasteiger partial charge is 0.469 e. The van der Waals surface area contributed by atoms with E-state index in [0.29, 0.717) is 0 Å². The van der Waals surface area contributed by atoms with Gasteiger partial charge in [-0.15, -0.1) is 0 Å². The van der Waals surface area contributed by atoms with Crippen LogP contribution < -0.4 is 0 Å². The Morgan fingerprint density at radius 1 is 0.714 bits per heavy atom. The molecule has 2 aromatic carbocycles. The Bertz CT molecular complexity index is 761. The molecular weight excluding hydrogens is 366 g/mol. The van der Waals surface area contributed by atoms with Gasteiger partial charge in [0.2, 0.25) is 0 Å². The van der Waals surface area contributed by atoms with E-state index in [-0.39, 0.29) is 47.2 Å². The Hall–Kier alpha value is -2.76. The third-order valence-electron chi connectivity index (χ3n) is 5.19. The molecule has 6 heteroatoms. The Kier molecular flexibility index (Phi) is 6.07. The third-order valence-corrected chi connectivity index (χ3v) is 5.19. The van der Waals surface area contributed by atoms with Gasteiger partial charge in [-0.3, -0.25) is 9.59 Å². The van der Waals surface area contributed by atoms with Crippen molar-refractivity contribution in [3.63, 3.8) is 0 Å². The molecule has 0 aromatic heterocycles. The van der Waals surface area contributed by atoms with E-state index in [1.807, 2.05) is 0 Å². The van der Waals surface area contributed by atoms with Crippen LogP contribution >= 0.6 is 0 Å². The lowest BCUT2D eigenvalue weighted by Crippen LogP contribution is -2.03. The number of esters is 2. The van der Waals surface area contributed by atoms with Gasteiger partial charge in [-0.1, -0.05) is 24.3 Å². The highest BCUT2D eigenvalue weighted by atomic mass is 19.1. The molecule has 0 saturated heterocycles. The first-order valence-corrected chi connectivity index (χ1v) is 9.11. The third kappa shape index (κ3) is 4.74. The number of rotatable bonds is 4. The second-order valence-electron chi connectivity index (χ2n) is 7.05. The molecule has 2 fully saturated rings. The van der Waals surface area contributed by atoms with Gasteiger partial charge in [0.1, 0.15) is 11.6 Å². The van der Waals surface area contributed by atoms with Crippen molar-refractivity contribution in [2.75, 3.05) is 14.2 Å². The fourth-order valence-electron chi connectivity index (χ4n) is 3.37. The van der Waals surface area contributed by atoms with Crippen LogP contribution in [0.25, 0.3) is 0 Å². The van der Waals surface area contributed by atoms with E-state index in [1.54, 1.807) is 24.3 Å². The van der Waals surface area contributed by atoms with Gasteiger partial charge in [0, 0.05) is 0 Å². The lowest BCUT2D eigenvalue weighted by Gasteiger charge is -1.99. The van der Waals surface area contributed by atoms with Crippen LogP contribution in [0.4, 0.5) is 8.78 Å². The first kappa shape index (κ1) is 20.0. The van der Waals surface area contributed by atoms with Gasteiger partial charge in [-0.2, -0.15) is 0 Å². The van der Waals surface area contributed by atoms with Crippen LogP contribution in [0, 0.1) is 23.5 Å². The predicted molar refractivity (Wildman–Crippen MR) is 98.5 cm³/mol. The molecular formula is C22H22F2O4. The predicted octanol–water partition coefficient (Wildman–Crippen LogP) is 4.20. The van der Waals surface area contributed by atoms with Crippen molar-refractivity contribution in [2.24, 2.45) is 11.8 Å². The zero-order valence-electron chi connectivity index (χ0n) is 15.7. The number of methoxy groups -OCH3 is 2. The van der Waals surface area contributed by atoms with Gasteiger partial charge in [0.25, 0.3) is 0 Å². The van der Waals surface area contributed by atoms with Crippen LogP contribution in [0.5, 0.6) is 0 Å². The lowest BCUT2D eigenvalue weighted by molar-refractivity contribution is -0.143. The molecule has 0 N–H and O–H groups in total. The number of carbonyl (C=O) groups excluding carboxylic acids is 2. The maximum absolute atomic E-state index is 12.6. The fraction of sp³-hybridized carbons (Fsp3) is 0.364. The molecule has 4 rings (SSSR count). The minimum atomic E-state index is -0.246. The maximum atomic E-state index is 12.6. The van der Waals surface area contributed by atoms with Crippen molar-refractivity contribution in [2.45, 2.75) is 24.7 Å². The molecule has 4 atom stereocenters. The van der Waals surface area contributed by atoms with Gasteiger partial charge < -0.3 is 9.47 Å². The summed E-state index contributed by atoms with van der Waals surface area (Å²) in [4.78, 5) is 22.3. The molecule has 0 amide bonds. The summed E-state index contributed by atoms with van der Waals surface area (Å²) >= 11 is 0. The second kappa shape index (κ2) is 8.50. The van der Waals surface area contributed by atoms with Crippen LogP contribution in [0.1, 0.15) is 35.8 Å². The van der Waals surface area contributed by atoms with E-state index in [0.717, 1.165) is 24.0 Å². The van der Waals surface area contributed by atoms with E-state index >= 15 is 0 Å². The van der Waals surface area contributed by atoms with Crippen molar-refractivity contribution >= 4 is 11.9 Å². The molecule has 4 unspecified atom stereocenters. The number of ether oxygens (including phenoxy) is 2. The highest BCUT2D eigenvalue weighted by molar-refractivity contribution is 5.77. The van der Waals surface area contributed by atoms with Crippen LogP contribution in [0.2, 0.25) is 0 Å². The Labute approximate surface area is 162 Å². The van der Waals surface area contributed by atoms with Crippen LogP contribution in [-0.4, -0.2) is 26.2 Å². The SMILES string of the molecule is COC(=O)C1CC1c1ccc(F)cc1.COC(=O)C1CC1c1ccc(F)cc1. The standard InChI is InChI=1S/2C11H11FO2/c2*1-14-11(13)10-6-9(10)7-2-4-8(12)5-3-7/h2*2-5,9-10H,6H2,1H3. The van der Waals surface area contributed by atoms with Gasteiger partial charge in [-0.05, 0) is 60.1 Å². The Morgan fingerprint density at radius 2 is 1.04 bits per heavy atom. The fourth-order valence-corrected chi connectivity index (χ4v) is 3.37. The second-order valence-corrected chi connectivity index (χ2v) is 7.05. The zero-order chi connectivity index (χ0) is 20.3. The average molecular weight is 388 g/mol. The van der Waals surface area contributed by atoms with E-state index in [1.165, 1.54) is 38.5 Å². The summed E-state index contributed by atoms with van der Waals surface area (Å²) in [5, 5.41) is 0. The van der Waals surface area contributed by atoms with Crippen LogP contribution in [0.3, 0.4) is 0 Å². The van der Waals surface area contributed by atoms with Gasteiger partial charge >= 0.3 is 11.9 Å². The van der Waals surface area contributed by atoms with Crippen molar-refractivity contribution in [3.8, 4) is 0 Å². The van der Waals surface area contributed by atoms with Gasteiger partial charge in [-0.25, -0.2) is 8.78 Å². The van der Waals surface area contributed by atoms with E-state index in [2.05, 4.69) is 9.47 Å². The maximum Gasteiger partial charge on any atom is 0.309 e. The summed E-state index contributed by atoms with van der Waals surface area (Å²) in [6.45, 7) is 0. The smallest absolute Gasteiger partial charge is 0.309 e. The van der Waals surface area contributed by atoms with Crippen LogP contribution in [0.15, 0.2) is 48.5 Å². The molecule has 0 radical (unpaired) electrons. The summed E-state index contributed by atoms with van der Waals surface area (Å²) in [5.74, 6) is -0.422. The molecule has 0 bridgehead atoms. The molecule has 2 aliphatic carbocycles. The number of benzene rings is 2. The first-order chi connectivity index (χ1) is 13.4. The van der Waals surface area contributed by atoms with Crippen molar-refractivity contribution in [1.29, 1.82) is 0 Å². The lowest BCUT2D eigenvalue weighted by atomic mass is 10.1. The average Bonchev–Trinajstić information content (AvgIpc) is 3.62. The Balaban J connectivity index is 0.000000161. The first-order valence-electron chi connectivity index (χ1n) is 9.11. The Morgan fingerprint density at radius 3 is 1.32 bits per heavy atom. The number of carbonyl (C=O) groups is 2. The molecule has 0 aliphatic heterocycles. The van der Waals surface area contributed by atoms with Gasteiger partial charge in [0.05, 0.1) is 26.1 Å². The van der Waals surface area contributed by atoms with Crippen LogP contribution in [-0.2, 0) is 19.1 Å². The van der Waals surface area contributed by atoms with E-state index in [9.17, 15) is 18.4 Å². The van der Waals surface area contributed by atoms with Gasteiger partial charge in [0.15, 0.2) is 0 Å². The highest BCUT2D eigenvalue weighted by Crippen LogP contribution is 2.48. The zero-order valence-corrected chi connectivity index (χ0v) is 15.7. The molecule has 0 heterocycles. The summed E-state index contributed by atoms with van der Waals surface area (Å²) in [6, 6.07) is 12.6. The topological polar surface area (TPSA) is 52.6 Å². The minimum Gasteiger partial charge on any atom is -0.469 e. The van der Waals surface area contributed by atoms with Crippen molar-refractivity contribution in [1.82, 2.24) is 0 Å². The summed E-state index contributed by atoms with van der Waals surface area (Å²) in [5.41, 5.74) is 2.03. The molecule has 148 valence electrons. The number of halogens is 2. The number of hydrogen-bond donors (Lipinski definition) is 0. The molecule has 2 aromatic rings. The highest BCUT2D eigenvalue weighted by Gasteiger charge is 2.45. The molecule has 28 heavy (non-hydrogen) atoms. The summed E-state index contributed by atoms with van der Waals surface area (Å²) in [6.07, 6.45) is 1.64. The molecule has 2 aliphatic rings. The molecule has 2 saturated carbocycles. The monoisotopic (exact) mass is 388 g/mol. The summed E-state index contributed by atoms with van der Waals surface area (Å²) in [7, 11) is 2.78. The normalized spacial score (nSPS) is 24.4. The quantitative estimate of drug-likeness (QED) is 0.737. The van der Waals surface area contributed by atoms with Crippen molar-refractivity contribution < 1.29 is 27.8 Å². The van der Waals surface area contributed by atoms with E-state index in [4.69, 9.17) is 0 Å². The molecule has 4 nitrogen and oxygen atoms in total. The number of hydrogen-bond acceptors (Lipinski definition) is 4. The molecule has 0 spiro atoms. The minimum absolute atomic E-state index is 0.0227. The van der Waals surface area contributed by atoms with Crippen molar-refractivity contribution in [3.05, 3.63) is 71.3 Å². The summed E-state index contributed by atoms with van der Waals surface area (Å²) < 4.78 is 34.5. The van der Waals surface area contributed by atoms with E-state index < -0.39 is 0 Å².